The molecular formula is C22H34N6O. The van der Waals surface area contributed by atoms with Crippen molar-refractivity contribution >= 4 is 5.96 Å². The number of methoxy groups -OCH3 is 1. The smallest absolute Gasteiger partial charge is 0.191 e. The van der Waals surface area contributed by atoms with Crippen LogP contribution in [0.1, 0.15) is 36.4 Å². The van der Waals surface area contributed by atoms with E-state index in [-0.39, 0.29) is 0 Å². The summed E-state index contributed by atoms with van der Waals surface area (Å²) in [7, 11) is 3.54. The highest BCUT2D eigenvalue weighted by atomic mass is 16.5. The molecule has 0 aliphatic carbocycles. The van der Waals surface area contributed by atoms with Crippen LogP contribution in [0.25, 0.3) is 0 Å². The van der Waals surface area contributed by atoms with Crippen LogP contribution in [0.5, 0.6) is 5.75 Å². The first-order valence-electron chi connectivity index (χ1n) is 10.5. The second-order valence-electron chi connectivity index (χ2n) is 7.55. The molecule has 1 fully saturated rings. The zero-order chi connectivity index (χ0) is 20.5. The lowest BCUT2D eigenvalue weighted by Gasteiger charge is -2.29. The van der Waals surface area contributed by atoms with Gasteiger partial charge in [0.1, 0.15) is 5.75 Å². The highest BCUT2D eigenvalue weighted by molar-refractivity contribution is 5.79. The maximum Gasteiger partial charge on any atom is 0.191 e. The Morgan fingerprint density at radius 1 is 1.28 bits per heavy atom. The van der Waals surface area contributed by atoms with Gasteiger partial charge in [-0.05, 0) is 62.5 Å². The van der Waals surface area contributed by atoms with E-state index in [9.17, 15) is 0 Å². The summed E-state index contributed by atoms with van der Waals surface area (Å²) >= 11 is 0. The van der Waals surface area contributed by atoms with Crippen molar-refractivity contribution < 1.29 is 4.74 Å². The van der Waals surface area contributed by atoms with E-state index in [4.69, 9.17) is 4.74 Å². The number of ether oxygens (including phenoxy) is 1. The van der Waals surface area contributed by atoms with Gasteiger partial charge in [-0.25, -0.2) is 0 Å². The number of hydrogen-bond donors (Lipinski definition) is 2. The molecule has 1 unspecified atom stereocenters. The van der Waals surface area contributed by atoms with Crippen LogP contribution in [0.4, 0.5) is 0 Å². The Hall–Kier alpha value is -2.54. The second kappa shape index (κ2) is 10.9. The first-order chi connectivity index (χ1) is 14.2. The first-order valence-corrected chi connectivity index (χ1v) is 10.5. The Balaban J connectivity index is 1.52. The summed E-state index contributed by atoms with van der Waals surface area (Å²) in [4.78, 5) is 6.94. The van der Waals surface area contributed by atoms with Crippen molar-refractivity contribution in [1.29, 1.82) is 0 Å². The van der Waals surface area contributed by atoms with Crippen LogP contribution >= 0.6 is 0 Å². The molecule has 0 spiro atoms. The number of benzene rings is 1. The van der Waals surface area contributed by atoms with Gasteiger partial charge in [-0.3, -0.25) is 14.6 Å². The summed E-state index contributed by atoms with van der Waals surface area (Å²) in [6, 6.07) is 8.71. The van der Waals surface area contributed by atoms with Crippen molar-refractivity contribution in [1.82, 2.24) is 25.3 Å². The summed E-state index contributed by atoms with van der Waals surface area (Å²) in [6.07, 6.45) is 7.49. The van der Waals surface area contributed by atoms with Crippen LogP contribution in [-0.4, -0.2) is 61.0 Å². The minimum Gasteiger partial charge on any atom is -0.497 e. The molecule has 7 heteroatoms. The molecule has 1 aromatic carbocycles. The minimum atomic E-state index is 0.304. The number of nitrogens with zero attached hydrogens (tertiary/aromatic N) is 4. The molecule has 2 heterocycles. The summed E-state index contributed by atoms with van der Waals surface area (Å²) in [5.41, 5.74) is 2.48. The van der Waals surface area contributed by atoms with Gasteiger partial charge in [-0.2, -0.15) is 5.10 Å². The number of aromatic nitrogens is 2. The van der Waals surface area contributed by atoms with Crippen molar-refractivity contribution in [2.24, 2.45) is 4.99 Å². The molecule has 2 N–H and O–H groups in total. The molecule has 1 saturated heterocycles. The fourth-order valence-electron chi connectivity index (χ4n) is 3.81. The van der Waals surface area contributed by atoms with Crippen LogP contribution in [-0.2, 0) is 6.54 Å². The molecular weight excluding hydrogens is 364 g/mol. The number of nitrogens with one attached hydrogen (secondary N) is 2. The van der Waals surface area contributed by atoms with Crippen LogP contribution < -0.4 is 15.4 Å². The van der Waals surface area contributed by atoms with Crippen LogP contribution in [0.2, 0.25) is 0 Å². The van der Waals surface area contributed by atoms with Crippen LogP contribution in [0.3, 0.4) is 0 Å². The number of likely N-dealkylation sites (tertiary alicyclic amines) is 1. The van der Waals surface area contributed by atoms with Gasteiger partial charge in [0.2, 0.25) is 0 Å². The fourth-order valence-corrected chi connectivity index (χ4v) is 3.81. The molecule has 0 bridgehead atoms. The zero-order valence-electron chi connectivity index (χ0n) is 17.9. The van der Waals surface area contributed by atoms with Gasteiger partial charge in [0.05, 0.1) is 19.3 Å². The summed E-state index contributed by atoms with van der Waals surface area (Å²) in [6.45, 7) is 6.90. The maximum absolute atomic E-state index is 5.44. The lowest BCUT2D eigenvalue weighted by molar-refractivity contribution is 0.245. The normalized spacial score (nSPS) is 16.0. The second-order valence-corrected chi connectivity index (χ2v) is 7.55. The molecule has 1 aliphatic rings. The van der Waals surface area contributed by atoms with Crippen molar-refractivity contribution in [2.45, 2.75) is 38.8 Å². The summed E-state index contributed by atoms with van der Waals surface area (Å²) < 4.78 is 7.42. The Morgan fingerprint density at radius 3 is 2.79 bits per heavy atom. The lowest BCUT2D eigenvalue weighted by atomic mass is 10.1. The first kappa shape index (κ1) is 21.2. The third kappa shape index (κ3) is 6.22. The molecule has 1 aliphatic heterocycles. The van der Waals surface area contributed by atoms with Crippen molar-refractivity contribution in [2.75, 3.05) is 40.3 Å². The Labute approximate surface area is 174 Å². The van der Waals surface area contributed by atoms with Gasteiger partial charge in [-0.1, -0.05) is 12.1 Å². The monoisotopic (exact) mass is 398 g/mol. The number of hydrogen-bond acceptors (Lipinski definition) is 4. The largest absolute Gasteiger partial charge is 0.497 e. The Bertz CT molecular complexity index is 781. The van der Waals surface area contributed by atoms with E-state index in [2.05, 4.69) is 56.9 Å². The molecule has 0 saturated carbocycles. The molecule has 2 aromatic rings. The van der Waals surface area contributed by atoms with Crippen molar-refractivity contribution in [3.05, 3.63) is 47.8 Å². The Kier molecular flexibility index (Phi) is 7.93. The van der Waals surface area contributed by atoms with Gasteiger partial charge in [0.25, 0.3) is 0 Å². The highest BCUT2D eigenvalue weighted by Crippen LogP contribution is 2.27. The number of aryl methyl sites for hydroxylation is 2. The molecule has 0 amide bonds. The van der Waals surface area contributed by atoms with E-state index >= 15 is 0 Å². The van der Waals surface area contributed by atoms with Crippen molar-refractivity contribution in [3.63, 3.8) is 0 Å². The molecule has 1 atom stereocenters. The van der Waals surface area contributed by atoms with E-state index < -0.39 is 0 Å². The van der Waals surface area contributed by atoms with Gasteiger partial charge >= 0.3 is 0 Å². The third-order valence-corrected chi connectivity index (χ3v) is 5.37. The Morgan fingerprint density at radius 2 is 2.10 bits per heavy atom. The van der Waals surface area contributed by atoms with Gasteiger partial charge in [-0.15, -0.1) is 0 Å². The van der Waals surface area contributed by atoms with E-state index in [1.807, 2.05) is 24.0 Å². The topological polar surface area (TPSA) is 66.7 Å². The van der Waals surface area contributed by atoms with E-state index in [1.54, 1.807) is 7.11 Å². The fraction of sp³-hybridized carbons (Fsp3) is 0.545. The number of guanidine groups is 1. The van der Waals surface area contributed by atoms with Gasteiger partial charge in [0, 0.05) is 32.9 Å². The van der Waals surface area contributed by atoms with E-state index in [0.29, 0.717) is 6.04 Å². The SMILES string of the molecule is CN=C(NCCCn1cc(C)cn1)NCC(c1cccc(OC)c1)N1CCCC1. The predicted octanol–water partition coefficient (Wildman–Crippen LogP) is 2.59. The molecule has 3 rings (SSSR count). The predicted molar refractivity (Wildman–Crippen MR) is 117 cm³/mol. The van der Waals surface area contributed by atoms with Gasteiger partial charge in [0.15, 0.2) is 5.96 Å². The quantitative estimate of drug-likeness (QED) is 0.386. The number of aliphatic imine (C=N–C) groups is 1. The highest BCUT2D eigenvalue weighted by Gasteiger charge is 2.24. The molecule has 1 aromatic heterocycles. The molecule has 0 radical (unpaired) electrons. The minimum absolute atomic E-state index is 0.304. The average molecular weight is 399 g/mol. The lowest BCUT2D eigenvalue weighted by Crippen LogP contribution is -2.43. The third-order valence-electron chi connectivity index (χ3n) is 5.37. The zero-order valence-corrected chi connectivity index (χ0v) is 17.9. The maximum atomic E-state index is 5.44. The van der Waals surface area contributed by atoms with Crippen molar-refractivity contribution in [3.8, 4) is 5.75 Å². The molecule has 7 nitrogen and oxygen atoms in total. The van der Waals surface area contributed by atoms with Crippen LogP contribution in [0.15, 0.2) is 41.7 Å². The van der Waals surface area contributed by atoms with E-state index in [0.717, 1.165) is 50.9 Å². The summed E-state index contributed by atoms with van der Waals surface area (Å²) in [5, 5.41) is 11.3. The van der Waals surface area contributed by atoms with Crippen LogP contribution in [0, 0.1) is 6.92 Å². The standard InChI is InChI=1S/C22H34N6O/c1-18-15-26-28(17-18)13-7-10-24-22(23-2)25-16-21(27-11-4-5-12-27)19-8-6-9-20(14-19)29-3/h6,8-9,14-15,17,21H,4-5,7,10-13,16H2,1-3H3,(H2,23,24,25). The van der Waals surface area contributed by atoms with E-state index in [1.165, 1.54) is 24.0 Å². The molecule has 158 valence electrons. The van der Waals surface area contributed by atoms with Gasteiger partial charge < -0.3 is 15.4 Å². The number of rotatable bonds is 9. The average Bonchev–Trinajstić information content (AvgIpc) is 3.42. The molecule has 29 heavy (non-hydrogen) atoms. The summed E-state index contributed by atoms with van der Waals surface area (Å²) in [5.74, 6) is 1.75.